The molecule has 3 aromatic rings. The van der Waals surface area contributed by atoms with Crippen LogP contribution in [0.15, 0.2) is 63.6 Å². The summed E-state index contributed by atoms with van der Waals surface area (Å²) in [4.78, 5) is 12.1. The maximum atomic E-state index is 12.4. The van der Waals surface area contributed by atoms with Gasteiger partial charge in [0.05, 0.1) is 27.9 Å². The molecule has 1 atom stereocenters. The Morgan fingerprint density at radius 1 is 1.04 bits per heavy atom. The Bertz CT molecular complexity index is 1040. The maximum Gasteiger partial charge on any atom is 0.189 e. The molecule has 0 saturated carbocycles. The van der Waals surface area contributed by atoms with Gasteiger partial charge in [0, 0.05) is 16.2 Å². The van der Waals surface area contributed by atoms with Crippen LogP contribution in [-0.2, 0) is 10.8 Å². The van der Waals surface area contributed by atoms with E-state index in [2.05, 4.69) is 11.8 Å². The molecule has 1 aromatic heterocycles. The zero-order valence-corrected chi connectivity index (χ0v) is 15.7. The first-order valence-corrected chi connectivity index (χ1v) is 9.95. The molecule has 0 saturated heterocycles. The number of benzene rings is 2. The molecule has 1 heterocycles. The molecule has 0 spiro atoms. The van der Waals surface area contributed by atoms with E-state index in [0.29, 0.717) is 15.3 Å². The topological polar surface area (TPSA) is 52.6 Å². The van der Waals surface area contributed by atoms with Gasteiger partial charge in [-0.05, 0) is 36.4 Å². The van der Waals surface area contributed by atoms with E-state index in [0.717, 1.165) is 10.4 Å². The van der Waals surface area contributed by atoms with Crippen molar-refractivity contribution in [1.82, 2.24) is 0 Å². The third kappa shape index (κ3) is 4.51. The van der Waals surface area contributed by atoms with Crippen LogP contribution in [0, 0.1) is 11.8 Å². The SMILES string of the molecule is COc1ccc(OCC#CCS(=O)c2cc(=O)c3ccccc3s2)cc1. The summed E-state index contributed by atoms with van der Waals surface area (Å²) in [6.45, 7) is 0.206. The number of hydrogen-bond donors (Lipinski definition) is 0. The molecule has 132 valence electrons. The van der Waals surface area contributed by atoms with Gasteiger partial charge in [0.25, 0.3) is 0 Å². The lowest BCUT2D eigenvalue weighted by atomic mass is 10.2. The molecule has 0 aliphatic heterocycles. The quantitative estimate of drug-likeness (QED) is 0.632. The molecule has 3 rings (SSSR count). The zero-order chi connectivity index (χ0) is 18.4. The number of methoxy groups -OCH3 is 1. The molecular weight excluding hydrogens is 368 g/mol. The molecule has 0 aliphatic rings. The third-order valence-electron chi connectivity index (χ3n) is 3.54. The van der Waals surface area contributed by atoms with Gasteiger partial charge in [-0.2, -0.15) is 0 Å². The smallest absolute Gasteiger partial charge is 0.189 e. The average Bonchev–Trinajstić information content (AvgIpc) is 2.68. The van der Waals surface area contributed by atoms with Gasteiger partial charge in [-0.3, -0.25) is 9.00 Å². The molecule has 0 aliphatic carbocycles. The van der Waals surface area contributed by atoms with Crippen LogP contribution in [0.1, 0.15) is 0 Å². The molecular formula is C20H16O4S2. The second-order valence-electron chi connectivity index (χ2n) is 5.23. The lowest BCUT2D eigenvalue weighted by Gasteiger charge is -2.03. The predicted molar refractivity (Wildman–Crippen MR) is 106 cm³/mol. The van der Waals surface area contributed by atoms with Crippen LogP contribution in [0.5, 0.6) is 11.5 Å². The number of ether oxygens (including phenoxy) is 2. The van der Waals surface area contributed by atoms with E-state index >= 15 is 0 Å². The predicted octanol–water partition coefficient (Wildman–Crippen LogP) is 3.46. The minimum absolute atomic E-state index is 0.113. The van der Waals surface area contributed by atoms with Crippen LogP contribution in [0.3, 0.4) is 0 Å². The van der Waals surface area contributed by atoms with Crippen molar-refractivity contribution < 1.29 is 13.7 Å². The molecule has 0 N–H and O–H groups in total. The molecule has 26 heavy (non-hydrogen) atoms. The van der Waals surface area contributed by atoms with Crippen molar-refractivity contribution in [3.8, 4) is 23.3 Å². The van der Waals surface area contributed by atoms with Crippen LogP contribution < -0.4 is 14.9 Å². The van der Waals surface area contributed by atoms with Crippen molar-refractivity contribution in [2.45, 2.75) is 4.21 Å². The summed E-state index contributed by atoms with van der Waals surface area (Å²) in [5, 5.41) is 0.650. The van der Waals surface area contributed by atoms with E-state index in [9.17, 15) is 9.00 Å². The summed E-state index contributed by atoms with van der Waals surface area (Å²) >= 11 is 1.36. The molecule has 1 unspecified atom stereocenters. The Morgan fingerprint density at radius 3 is 2.54 bits per heavy atom. The fourth-order valence-corrected chi connectivity index (χ4v) is 4.46. The van der Waals surface area contributed by atoms with Gasteiger partial charge in [0.1, 0.15) is 18.1 Å². The monoisotopic (exact) mass is 384 g/mol. The van der Waals surface area contributed by atoms with Crippen molar-refractivity contribution >= 4 is 32.2 Å². The molecule has 4 nitrogen and oxygen atoms in total. The first-order valence-electron chi connectivity index (χ1n) is 7.81. The largest absolute Gasteiger partial charge is 0.497 e. The highest BCUT2D eigenvalue weighted by atomic mass is 32.2. The van der Waals surface area contributed by atoms with Gasteiger partial charge in [0.2, 0.25) is 0 Å². The van der Waals surface area contributed by atoms with Crippen LogP contribution >= 0.6 is 11.3 Å². The minimum atomic E-state index is -1.33. The van der Waals surface area contributed by atoms with Crippen molar-refractivity contribution in [2.75, 3.05) is 19.5 Å². The summed E-state index contributed by atoms with van der Waals surface area (Å²) in [6, 6.07) is 16.0. The first-order chi connectivity index (χ1) is 12.7. The Balaban J connectivity index is 1.59. The number of hydrogen-bond acceptors (Lipinski definition) is 5. The molecule has 0 fully saturated rings. The van der Waals surface area contributed by atoms with Gasteiger partial charge in [-0.15, -0.1) is 11.3 Å². The van der Waals surface area contributed by atoms with Crippen molar-refractivity contribution in [1.29, 1.82) is 0 Å². The van der Waals surface area contributed by atoms with Crippen LogP contribution in [0.25, 0.3) is 10.1 Å². The Labute approximate surface area is 157 Å². The van der Waals surface area contributed by atoms with E-state index in [4.69, 9.17) is 9.47 Å². The van der Waals surface area contributed by atoms with E-state index in [1.54, 1.807) is 37.4 Å². The highest BCUT2D eigenvalue weighted by Gasteiger charge is 2.07. The average molecular weight is 384 g/mol. The first kappa shape index (κ1) is 18.2. The number of fused-ring (bicyclic) bond motifs is 1. The summed E-state index contributed by atoms with van der Waals surface area (Å²) < 4.78 is 24.3. The lowest BCUT2D eigenvalue weighted by Crippen LogP contribution is -2.03. The van der Waals surface area contributed by atoms with Gasteiger partial charge >= 0.3 is 0 Å². The Morgan fingerprint density at radius 2 is 1.77 bits per heavy atom. The van der Waals surface area contributed by atoms with E-state index in [-0.39, 0.29) is 17.8 Å². The molecule has 0 bridgehead atoms. The summed E-state index contributed by atoms with van der Waals surface area (Å²) in [7, 11) is 0.276. The second-order valence-corrected chi connectivity index (χ2v) is 8.00. The van der Waals surface area contributed by atoms with Crippen molar-refractivity contribution in [2.24, 2.45) is 0 Å². The Kier molecular flexibility index (Phi) is 6.05. The summed E-state index contributed by atoms with van der Waals surface area (Å²) in [5.41, 5.74) is -0.113. The van der Waals surface area contributed by atoms with Gasteiger partial charge in [-0.25, -0.2) is 0 Å². The van der Waals surface area contributed by atoms with Crippen LogP contribution in [0.4, 0.5) is 0 Å². The minimum Gasteiger partial charge on any atom is -0.497 e. The van der Waals surface area contributed by atoms with Gasteiger partial charge in [-0.1, -0.05) is 24.0 Å². The second kappa shape index (κ2) is 8.65. The normalized spacial score (nSPS) is 11.4. The summed E-state index contributed by atoms with van der Waals surface area (Å²) in [5.74, 6) is 7.31. The Hall–Kier alpha value is -2.62. The lowest BCUT2D eigenvalue weighted by molar-refractivity contribution is 0.368. The zero-order valence-electron chi connectivity index (χ0n) is 14.1. The number of rotatable bonds is 5. The molecule has 0 radical (unpaired) electrons. The van der Waals surface area contributed by atoms with E-state index in [1.807, 2.05) is 18.2 Å². The highest BCUT2D eigenvalue weighted by Crippen LogP contribution is 2.21. The van der Waals surface area contributed by atoms with Crippen molar-refractivity contribution in [3.63, 3.8) is 0 Å². The van der Waals surface area contributed by atoms with E-state index < -0.39 is 10.8 Å². The van der Waals surface area contributed by atoms with Crippen LogP contribution in [-0.4, -0.2) is 23.7 Å². The standard InChI is InChI=1S/C20H16O4S2/c1-23-15-8-10-16(11-9-15)24-12-4-5-13-26(22)20-14-18(21)17-6-2-3-7-19(17)25-20/h2-3,6-11,14H,12-13H2,1H3. The van der Waals surface area contributed by atoms with E-state index in [1.165, 1.54) is 17.4 Å². The maximum absolute atomic E-state index is 12.4. The highest BCUT2D eigenvalue weighted by molar-refractivity contribution is 7.87. The molecule has 6 heteroatoms. The molecule has 0 amide bonds. The van der Waals surface area contributed by atoms with Crippen LogP contribution in [0.2, 0.25) is 0 Å². The van der Waals surface area contributed by atoms with Gasteiger partial charge in [0.15, 0.2) is 5.43 Å². The fraction of sp³-hybridized carbons (Fsp3) is 0.150. The van der Waals surface area contributed by atoms with Gasteiger partial charge < -0.3 is 9.47 Å². The summed E-state index contributed by atoms with van der Waals surface area (Å²) in [6.07, 6.45) is 0. The third-order valence-corrected chi connectivity index (χ3v) is 6.21. The van der Waals surface area contributed by atoms with Crippen molar-refractivity contribution in [3.05, 3.63) is 64.8 Å². The molecule has 2 aromatic carbocycles. The fourth-order valence-electron chi connectivity index (χ4n) is 2.22.